The number of hydrogen-bond acceptors (Lipinski definition) is 3. The van der Waals surface area contributed by atoms with Gasteiger partial charge in [0.15, 0.2) is 11.6 Å². The first-order valence-corrected chi connectivity index (χ1v) is 7.88. The van der Waals surface area contributed by atoms with Crippen molar-refractivity contribution in [2.24, 2.45) is 11.1 Å². The van der Waals surface area contributed by atoms with E-state index in [0.717, 1.165) is 18.2 Å². The number of sulfonamides is 1. The molecule has 0 amide bonds. The third kappa shape index (κ3) is 2.84. The monoisotopic (exact) mass is 304 g/mol. The second-order valence-electron chi connectivity index (χ2n) is 5.49. The Bertz CT molecular complexity index is 596. The maximum atomic E-state index is 13.2. The second kappa shape index (κ2) is 5.38. The van der Waals surface area contributed by atoms with Gasteiger partial charge in [-0.15, -0.1) is 0 Å². The van der Waals surface area contributed by atoms with Crippen molar-refractivity contribution in [2.75, 3.05) is 19.6 Å². The van der Waals surface area contributed by atoms with E-state index in [4.69, 9.17) is 5.73 Å². The zero-order chi connectivity index (χ0) is 15.0. The van der Waals surface area contributed by atoms with Crippen molar-refractivity contribution in [3.63, 3.8) is 0 Å². The summed E-state index contributed by atoms with van der Waals surface area (Å²) in [7, 11) is -3.77. The van der Waals surface area contributed by atoms with E-state index in [9.17, 15) is 17.2 Å². The third-order valence-electron chi connectivity index (χ3n) is 3.95. The Kier molecular flexibility index (Phi) is 4.13. The van der Waals surface area contributed by atoms with Crippen LogP contribution < -0.4 is 5.73 Å². The molecule has 0 radical (unpaired) electrons. The van der Waals surface area contributed by atoms with Gasteiger partial charge in [-0.1, -0.05) is 6.92 Å². The van der Waals surface area contributed by atoms with E-state index in [2.05, 4.69) is 0 Å². The molecule has 0 atom stereocenters. The molecule has 0 spiro atoms. The lowest BCUT2D eigenvalue weighted by Gasteiger charge is -2.37. The Hall–Kier alpha value is -1.05. The maximum Gasteiger partial charge on any atom is 0.243 e. The van der Waals surface area contributed by atoms with Crippen LogP contribution in [-0.4, -0.2) is 32.4 Å². The smallest absolute Gasteiger partial charge is 0.243 e. The predicted molar refractivity (Wildman–Crippen MR) is 71.5 cm³/mol. The molecular weight excluding hydrogens is 286 g/mol. The van der Waals surface area contributed by atoms with Gasteiger partial charge in [0.1, 0.15) is 0 Å². The topological polar surface area (TPSA) is 63.4 Å². The van der Waals surface area contributed by atoms with Crippen molar-refractivity contribution < 1.29 is 17.2 Å². The van der Waals surface area contributed by atoms with Crippen molar-refractivity contribution >= 4 is 10.0 Å². The largest absolute Gasteiger partial charge is 0.330 e. The summed E-state index contributed by atoms with van der Waals surface area (Å²) in [4.78, 5) is -0.215. The summed E-state index contributed by atoms with van der Waals surface area (Å²) in [5.41, 5.74) is 5.62. The van der Waals surface area contributed by atoms with Crippen molar-refractivity contribution in [2.45, 2.75) is 24.7 Å². The molecule has 0 aromatic heterocycles. The molecule has 0 aliphatic carbocycles. The third-order valence-corrected chi connectivity index (χ3v) is 5.85. The number of nitrogens with two attached hydrogens (primary N) is 1. The molecule has 1 aliphatic rings. The van der Waals surface area contributed by atoms with E-state index < -0.39 is 21.7 Å². The highest BCUT2D eigenvalue weighted by atomic mass is 32.2. The second-order valence-corrected chi connectivity index (χ2v) is 7.43. The first-order valence-electron chi connectivity index (χ1n) is 6.44. The molecule has 1 heterocycles. The molecule has 2 N–H and O–H groups in total. The summed E-state index contributed by atoms with van der Waals surface area (Å²) in [5, 5.41) is 0. The van der Waals surface area contributed by atoms with Crippen LogP contribution in [0, 0.1) is 17.0 Å². The lowest BCUT2D eigenvalue weighted by molar-refractivity contribution is 0.183. The van der Waals surface area contributed by atoms with Crippen LogP contribution in [0.4, 0.5) is 8.78 Å². The quantitative estimate of drug-likeness (QED) is 0.924. The molecule has 1 aliphatic heterocycles. The van der Waals surface area contributed by atoms with Gasteiger partial charge in [-0.3, -0.25) is 0 Å². The lowest BCUT2D eigenvalue weighted by Crippen LogP contribution is -2.44. The fourth-order valence-electron chi connectivity index (χ4n) is 2.26. The van der Waals surface area contributed by atoms with Crippen molar-refractivity contribution in [3.8, 4) is 0 Å². The van der Waals surface area contributed by atoms with Gasteiger partial charge >= 0.3 is 0 Å². The van der Waals surface area contributed by atoms with Gasteiger partial charge in [-0.05, 0) is 43.0 Å². The van der Waals surface area contributed by atoms with Gasteiger partial charge in [-0.25, -0.2) is 17.2 Å². The molecule has 1 saturated heterocycles. The number of hydrogen-bond donors (Lipinski definition) is 1. The Morgan fingerprint density at radius 1 is 1.25 bits per heavy atom. The molecule has 4 nitrogen and oxygen atoms in total. The molecule has 112 valence electrons. The Morgan fingerprint density at radius 2 is 1.85 bits per heavy atom. The fourth-order valence-corrected chi connectivity index (χ4v) is 3.71. The van der Waals surface area contributed by atoms with Gasteiger partial charge in [0.05, 0.1) is 4.90 Å². The number of benzene rings is 1. The molecule has 7 heteroatoms. The summed E-state index contributed by atoms with van der Waals surface area (Å²) in [6.45, 7) is 3.21. The van der Waals surface area contributed by atoms with Crippen LogP contribution in [0.5, 0.6) is 0 Å². The van der Waals surface area contributed by atoms with Crippen LogP contribution in [0.3, 0.4) is 0 Å². The first kappa shape index (κ1) is 15.3. The zero-order valence-corrected chi connectivity index (χ0v) is 12.1. The Morgan fingerprint density at radius 3 is 2.35 bits per heavy atom. The van der Waals surface area contributed by atoms with Crippen molar-refractivity contribution in [1.82, 2.24) is 4.31 Å². The van der Waals surface area contributed by atoms with E-state index in [0.29, 0.717) is 32.5 Å². The normalized spacial score (nSPS) is 20.0. The van der Waals surface area contributed by atoms with Crippen LogP contribution in [0.1, 0.15) is 19.8 Å². The van der Waals surface area contributed by atoms with E-state index >= 15 is 0 Å². The van der Waals surface area contributed by atoms with Crippen LogP contribution in [0.2, 0.25) is 0 Å². The van der Waals surface area contributed by atoms with E-state index in [1.165, 1.54) is 4.31 Å². The Labute approximate surface area is 117 Å². The molecule has 1 aromatic carbocycles. The summed E-state index contributed by atoms with van der Waals surface area (Å²) in [6, 6.07) is 2.64. The van der Waals surface area contributed by atoms with Crippen LogP contribution in [0.15, 0.2) is 23.1 Å². The fraction of sp³-hybridized carbons (Fsp3) is 0.538. The number of halogens is 2. The molecule has 1 fully saturated rings. The minimum atomic E-state index is -3.77. The van der Waals surface area contributed by atoms with Crippen LogP contribution in [-0.2, 0) is 10.0 Å². The number of rotatable bonds is 3. The highest BCUT2D eigenvalue weighted by Gasteiger charge is 2.34. The van der Waals surface area contributed by atoms with Crippen LogP contribution >= 0.6 is 0 Å². The van der Waals surface area contributed by atoms with Gasteiger partial charge in [-0.2, -0.15) is 4.31 Å². The van der Waals surface area contributed by atoms with Gasteiger partial charge in [0.25, 0.3) is 0 Å². The average Bonchev–Trinajstić information content (AvgIpc) is 2.42. The van der Waals surface area contributed by atoms with Crippen LogP contribution in [0.25, 0.3) is 0 Å². The lowest BCUT2D eigenvalue weighted by atomic mass is 9.81. The summed E-state index contributed by atoms with van der Waals surface area (Å²) >= 11 is 0. The minimum absolute atomic E-state index is 0.0555. The number of nitrogens with zero attached hydrogens (tertiary/aromatic N) is 1. The average molecular weight is 304 g/mol. The molecule has 2 rings (SSSR count). The summed E-state index contributed by atoms with van der Waals surface area (Å²) < 4.78 is 52.1. The molecule has 0 saturated carbocycles. The van der Waals surface area contributed by atoms with Crippen molar-refractivity contribution in [1.29, 1.82) is 0 Å². The zero-order valence-electron chi connectivity index (χ0n) is 11.3. The minimum Gasteiger partial charge on any atom is -0.330 e. The molecule has 20 heavy (non-hydrogen) atoms. The van der Waals surface area contributed by atoms with Gasteiger partial charge < -0.3 is 5.73 Å². The highest BCUT2D eigenvalue weighted by molar-refractivity contribution is 7.89. The molecular formula is C13H18F2N2O2S. The first-order chi connectivity index (χ1) is 9.28. The standard InChI is InChI=1S/C13H18F2N2O2S/c1-13(9-16)4-6-17(7-5-13)20(18,19)10-2-3-11(14)12(15)8-10/h2-3,8H,4-7,9,16H2,1H3. The molecule has 0 unspecified atom stereocenters. The Balaban J connectivity index is 2.22. The van der Waals surface area contributed by atoms with E-state index in [1.54, 1.807) is 0 Å². The maximum absolute atomic E-state index is 13.2. The van der Waals surface area contributed by atoms with E-state index in [-0.39, 0.29) is 10.3 Å². The van der Waals surface area contributed by atoms with E-state index in [1.807, 2.05) is 6.92 Å². The number of piperidine rings is 1. The summed E-state index contributed by atoms with van der Waals surface area (Å²) in [6.07, 6.45) is 1.32. The summed E-state index contributed by atoms with van der Waals surface area (Å²) in [5.74, 6) is -2.21. The van der Waals surface area contributed by atoms with Gasteiger partial charge in [0.2, 0.25) is 10.0 Å². The SMILES string of the molecule is CC1(CN)CCN(S(=O)(=O)c2ccc(F)c(F)c2)CC1. The highest BCUT2D eigenvalue weighted by Crippen LogP contribution is 2.32. The van der Waals surface area contributed by atoms with Gasteiger partial charge in [0, 0.05) is 13.1 Å². The van der Waals surface area contributed by atoms with Crippen molar-refractivity contribution in [3.05, 3.63) is 29.8 Å². The molecule has 1 aromatic rings. The predicted octanol–water partition coefficient (Wildman–Crippen LogP) is 1.71. The molecule has 0 bridgehead atoms.